The first-order valence-corrected chi connectivity index (χ1v) is 12.2. The molecule has 2 aliphatic rings. The number of hydrogen-bond acceptors (Lipinski definition) is 6. The maximum atomic E-state index is 12.9. The topological polar surface area (TPSA) is 97.1 Å². The minimum absolute atomic E-state index is 0.128. The van der Waals surface area contributed by atoms with Crippen molar-refractivity contribution in [2.75, 3.05) is 52.7 Å². The van der Waals surface area contributed by atoms with E-state index in [-0.39, 0.29) is 24.0 Å². The lowest BCUT2D eigenvalue weighted by Gasteiger charge is -2.38. The zero-order valence-corrected chi connectivity index (χ0v) is 20.7. The molecule has 0 unspecified atom stereocenters. The summed E-state index contributed by atoms with van der Waals surface area (Å²) in [4.78, 5) is 29.7. The maximum Gasteiger partial charge on any atom is 0.255 e. The number of amides is 2. The van der Waals surface area contributed by atoms with Gasteiger partial charge in [0.05, 0.1) is 35.5 Å². The number of benzene rings is 1. The molecule has 2 atom stereocenters. The molecule has 184 valence electrons. The number of nitrogens with one attached hydrogen (secondary N) is 1. The molecule has 2 saturated heterocycles. The normalized spacial score (nSPS) is 22.2. The number of anilines is 1. The largest absolute Gasteiger partial charge is 0.496 e. The third kappa shape index (κ3) is 6.74. The fourth-order valence-corrected chi connectivity index (χ4v) is 4.78. The molecule has 2 aliphatic heterocycles. The number of likely N-dealkylation sites (tertiary alicyclic amines) is 2. The van der Waals surface area contributed by atoms with E-state index in [9.17, 15) is 9.59 Å². The van der Waals surface area contributed by atoms with Crippen LogP contribution >= 0.6 is 11.6 Å². The van der Waals surface area contributed by atoms with E-state index in [1.807, 2.05) is 4.90 Å². The van der Waals surface area contributed by atoms with E-state index in [1.54, 1.807) is 13.2 Å². The summed E-state index contributed by atoms with van der Waals surface area (Å²) in [5.74, 6) is 1.10. The van der Waals surface area contributed by atoms with Gasteiger partial charge in [0, 0.05) is 45.8 Å². The van der Waals surface area contributed by atoms with Crippen molar-refractivity contribution in [2.45, 2.75) is 51.2 Å². The quantitative estimate of drug-likeness (QED) is 0.555. The second-order valence-electron chi connectivity index (χ2n) is 9.18. The van der Waals surface area contributed by atoms with Crippen LogP contribution in [0.4, 0.5) is 5.69 Å². The van der Waals surface area contributed by atoms with Gasteiger partial charge in [0.1, 0.15) is 5.75 Å². The summed E-state index contributed by atoms with van der Waals surface area (Å²) in [5, 5.41) is 3.38. The average Bonchev–Trinajstić information content (AvgIpc) is 2.81. The summed E-state index contributed by atoms with van der Waals surface area (Å²) >= 11 is 6.11. The second kappa shape index (κ2) is 11.9. The minimum Gasteiger partial charge on any atom is -0.496 e. The Hall–Kier alpha value is -2.03. The molecule has 9 heteroatoms. The first-order chi connectivity index (χ1) is 15.8. The highest BCUT2D eigenvalue weighted by atomic mass is 35.5. The lowest BCUT2D eigenvalue weighted by molar-refractivity contribution is -0.132. The smallest absolute Gasteiger partial charge is 0.255 e. The highest BCUT2D eigenvalue weighted by Gasteiger charge is 2.31. The van der Waals surface area contributed by atoms with Crippen LogP contribution in [-0.4, -0.2) is 80.7 Å². The molecule has 0 radical (unpaired) electrons. The molecule has 1 aromatic carbocycles. The molecule has 2 heterocycles. The van der Waals surface area contributed by atoms with Crippen molar-refractivity contribution in [3.8, 4) is 5.75 Å². The van der Waals surface area contributed by atoms with Crippen molar-refractivity contribution in [3.63, 3.8) is 0 Å². The van der Waals surface area contributed by atoms with Crippen LogP contribution in [0, 0.1) is 5.92 Å². The third-order valence-electron chi connectivity index (χ3n) is 6.83. The third-order valence-corrected chi connectivity index (χ3v) is 7.15. The number of halogens is 1. The number of nitrogen functional groups attached to an aromatic ring is 1. The van der Waals surface area contributed by atoms with E-state index in [2.05, 4.69) is 17.1 Å². The van der Waals surface area contributed by atoms with Gasteiger partial charge in [0.15, 0.2) is 0 Å². The first kappa shape index (κ1) is 25.6. The van der Waals surface area contributed by atoms with Crippen LogP contribution in [-0.2, 0) is 9.53 Å². The molecule has 1 aromatic rings. The lowest BCUT2D eigenvalue weighted by Crippen LogP contribution is -2.55. The van der Waals surface area contributed by atoms with Gasteiger partial charge in [-0.3, -0.25) is 9.59 Å². The highest BCUT2D eigenvalue weighted by molar-refractivity contribution is 6.33. The van der Waals surface area contributed by atoms with Crippen molar-refractivity contribution in [2.24, 2.45) is 5.92 Å². The van der Waals surface area contributed by atoms with Crippen LogP contribution < -0.4 is 15.8 Å². The van der Waals surface area contributed by atoms with Gasteiger partial charge in [-0.2, -0.15) is 0 Å². The molecule has 33 heavy (non-hydrogen) atoms. The first-order valence-electron chi connectivity index (χ1n) is 11.8. The van der Waals surface area contributed by atoms with Crippen LogP contribution in [0.5, 0.6) is 5.75 Å². The van der Waals surface area contributed by atoms with Crippen molar-refractivity contribution in [1.82, 2.24) is 15.1 Å². The average molecular weight is 481 g/mol. The van der Waals surface area contributed by atoms with Crippen molar-refractivity contribution >= 4 is 29.1 Å². The monoisotopic (exact) mass is 480 g/mol. The maximum absolute atomic E-state index is 12.9. The van der Waals surface area contributed by atoms with E-state index in [0.717, 1.165) is 57.8 Å². The number of nitrogens with two attached hydrogens (primary N) is 1. The number of piperidine rings is 2. The Morgan fingerprint density at radius 3 is 2.58 bits per heavy atom. The van der Waals surface area contributed by atoms with Crippen molar-refractivity contribution < 1.29 is 19.1 Å². The van der Waals surface area contributed by atoms with E-state index in [1.165, 1.54) is 13.2 Å². The molecular formula is C24H37ClN4O4. The molecule has 3 rings (SSSR count). The molecular weight excluding hydrogens is 444 g/mol. The van der Waals surface area contributed by atoms with Crippen LogP contribution in [0.15, 0.2) is 12.1 Å². The van der Waals surface area contributed by atoms with Gasteiger partial charge in [0.25, 0.3) is 5.91 Å². The summed E-state index contributed by atoms with van der Waals surface area (Å²) in [6.45, 7) is 6.41. The zero-order valence-electron chi connectivity index (χ0n) is 19.9. The predicted octanol–water partition coefficient (Wildman–Crippen LogP) is 2.79. The number of methoxy groups -OCH3 is 2. The van der Waals surface area contributed by atoms with E-state index >= 15 is 0 Å². The number of carbonyl (C=O) groups is 2. The van der Waals surface area contributed by atoms with Crippen LogP contribution in [0.3, 0.4) is 0 Å². The minimum atomic E-state index is -0.268. The molecule has 2 fully saturated rings. The Morgan fingerprint density at radius 2 is 1.91 bits per heavy atom. The van der Waals surface area contributed by atoms with Crippen LogP contribution in [0.1, 0.15) is 49.4 Å². The summed E-state index contributed by atoms with van der Waals surface area (Å²) in [6, 6.07) is 2.96. The number of ether oxygens (including phenoxy) is 2. The molecule has 2 amide bonds. The fourth-order valence-electron chi connectivity index (χ4n) is 4.62. The van der Waals surface area contributed by atoms with Gasteiger partial charge >= 0.3 is 0 Å². The zero-order chi connectivity index (χ0) is 24.0. The number of rotatable bonds is 8. The Labute approximate surface area is 201 Å². The van der Waals surface area contributed by atoms with Gasteiger partial charge < -0.3 is 30.3 Å². The number of carbonyl (C=O) groups excluding carboxylic acids is 2. The van der Waals surface area contributed by atoms with Crippen molar-refractivity contribution in [1.29, 1.82) is 0 Å². The van der Waals surface area contributed by atoms with E-state index in [4.69, 9.17) is 26.8 Å². The SMILES string of the molecule is COc1cc(N)c(Cl)cc1C(=O)N[C@@H]1CCN(CCCC(=O)N2CCC(C)CC2)C[C@@H]1OC. The molecule has 3 N–H and O–H groups in total. The fraction of sp³-hybridized carbons (Fsp3) is 0.667. The molecule has 0 aromatic heterocycles. The molecule has 8 nitrogen and oxygen atoms in total. The molecule has 0 aliphatic carbocycles. The highest BCUT2D eigenvalue weighted by Crippen LogP contribution is 2.29. The standard InChI is InChI=1S/C24H37ClN4O4/c1-16-6-11-29(12-7-16)23(30)5-4-9-28-10-8-20(22(15-28)33-3)27-24(31)17-13-18(25)19(26)14-21(17)32-2/h13-14,16,20,22H,4-12,15,26H2,1-3H3,(H,27,31)/t20-,22+/m1/s1. The Kier molecular flexibility index (Phi) is 9.23. The molecule has 0 bridgehead atoms. The number of nitrogens with zero attached hydrogens (tertiary/aromatic N) is 2. The van der Waals surface area contributed by atoms with Crippen LogP contribution in [0.25, 0.3) is 0 Å². The van der Waals surface area contributed by atoms with Gasteiger partial charge in [-0.05, 0) is 44.2 Å². The van der Waals surface area contributed by atoms with Gasteiger partial charge in [-0.25, -0.2) is 0 Å². The molecule has 0 spiro atoms. The van der Waals surface area contributed by atoms with Gasteiger partial charge in [-0.1, -0.05) is 18.5 Å². The van der Waals surface area contributed by atoms with Crippen molar-refractivity contribution in [3.05, 3.63) is 22.7 Å². The summed E-state index contributed by atoms with van der Waals surface area (Å²) in [5.41, 5.74) is 6.53. The van der Waals surface area contributed by atoms with E-state index < -0.39 is 0 Å². The lowest BCUT2D eigenvalue weighted by atomic mass is 9.99. The summed E-state index contributed by atoms with van der Waals surface area (Å²) in [7, 11) is 3.15. The summed E-state index contributed by atoms with van der Waals surface area (Å²) < 4.78 is 11.0. The summed E-state index contributed by atoms with van der Waals surface area (Å²) in [6.07, 6.45) is 4.24. The Balaban J connectivity index is 1.48. The Morgan fingerprint density at radius 1 is 1.18 bits per heavy atom. The van der Waals surface area contributed by atoms with Gasteiger partial charge in [0.2, 0.25) is 5.91 Å². The number of hydrogen-bond donors (Lipinski definition) is 2. The van der Waals surface area contributed by atoms with E-state index in [0.29, 0.717) is 35.0 Å². The second-order valence-corrected chi connectivity index (χ2v) is 9.59. The Bertz CT molecular complexity index is 829. The van der Waals surface area contributed by atoms with Gasteiger partial charge in [-0.15, -0.1) is 0 Å². The van der Waals surface area contributed by atoms with Crippen LogP contribution in [0.2, 0.25) is 5.02 Å². The molecule has 0 saturated carbocycles. The predicted molar refractivity (Wildman–Crippen MR) is 130 cm³/mol.